The van der Waals surface area contributed by atoms with Crippen LogP contribution in [0.4, 0.5) is 10.1 Å². The molecule has 0 unspecified atom stereocenters. The quantitative estimate of drug-likeness (QED) is 0.549. The summed E-state index contributed by atoms with van der Waals surface area (Å²) >= 11 is 0. The van der Waals surface area contributed by atoms with E-state index in [0.717, 1.165) is 23.4 Å². The molecule has 3 rings (SSSR count). The van der Waals surface area contributed by atoms with E-state index >= 15 is 0 Å². The summed E-state index contributed by atoms with van der Waals surface area (Å²) in [7, 11) is -4.00. The fourth-order valence-corrected chi connectivity index (χ4v) is 3.36. The molecule has 0 radical (unpaired) electrons. The maximum absolute atomic E-state index is 13.1. The van der Waals surface area contributed by atoms with Crippen LogP contribution in [0.3, 0.4) is 0 Å². The van der Waals surface area contributed by atoms with Crippen molar-refractivity contribution >= 4 is 21.5 Å². The molecule has 1 N–H and O–H groups in total. The molecule has 0 aliphatic heterocycles. The molecule has 3 aromatic carbocycles. The van der Waals surface area contributed by atoms with Gasteiger partial charge >= 0.3 is 0 Å². The van der Waals surface area contributed by atoms with E-state index in [0.29, 0.717) is 5.56 Å². The second-order valence-electron chi connectivity index (χ2n) is 5.73. The van der Waals surface area contributed by atoms with Crippen LogP contribution < -0.4 is 5.32 Å². The summed E-state index contributed by atoms with van der Waals surface area (Å²) in [5, 5.41) is 3.07. The van der Waals surface area contributed by atoms with Gasteiger partial charge < -0.3 is 5.32 Å². The Morgan fingerprint density at radius 3 is 2.27 bits per heavy atom. The maximum atomic E-state index is 13.1. The van der Waals surface area contributed by atoms with Gasteiger partial charge in [0.25, 0.3) is 10.0 Å². The number of anilines is 1. The Bertz CT molecular complexity index is 1030. The lowest BCUT2D eigenvalue weighted by Crippen LogP contribution is -2.16. The van der Waals surface area contributed by atoms with E-state index in [1.807, 2.05) is 37.3 Å². The van der Waals surface area contributed by atoms with E-state index in [-0.39, 0.29) is 10.7 Å². The highest BCUT2D eigenvalue weighted by Gasteiger charge is 2.16. The first kappa shape index (κ1) is 17.8. The van der Waals surface area contributed by atoms with Crippen molar-refractivity contribution in [3.8, 4) is 0 Å². The number of hydrogen-bond acceptors (Lipinski definition) is 2. The maximum Gasteiger partial charge on any atom is 0.284 e. The topological polar surface area (TPSA) is 58.5 Å². The minimum Gasteiger partial charge on any atom is -0.339 e. The summed E-state index contributed by atoms with van der Waals surface area (Å²) < 4.78 is 42.3. The van der Waals surface area contributed by atoms with E-state index in [9.17, 15) is 12.8 Å². The second kappa shape index (κ2) is 7.49. The molecule has 0 aliphatic rings. The first-order chi connectivity index (χ1) is 12.4. The van der Waals surface area contributed by atoms with Crippen molar-refractivity contribution in [3.05, 3.63) is 95.8 Å². The number of nitrogens with zero attached hydrogens (tertiary/aromatic N) is 1. The zero-order valence-corrected chi connectivity index (χ0v) is 14.9. The highest BCUT2D eigenvalue weighted by Crippen LogP contribution is 2.17. The van der Waals surface area contributed by atoms with Crippen molar-refractivity contribution in [1.82, 2.24) is 0 Å². The molecule has 0 aromatic heterocycles. The van der Waals surface area contributed by atoms with Crippen molar-refractivity contribution < 1.29 is 12.8 Å². The fourth-order valence-electron chi connectivity index (χ4n) is 2.38. The summed E-state index contributed by atoms with van der Waals surface area (Å²) in [5.74, 6) is -0.311. The summed E-state index contributed by atoms with van der Waals surface area (Å²) in [6, 6.07) is 21.1. The predicted molar refractivity (Wildman–Crippen MR) is 101 cm³/mol. The molecule has 0 aliphatic carbocycles. The van der Waals surface area contributed by atoms with Gasteiger partial charge in [-0.15, -0.1) is 4.40 Å². The van der Waals surface area contributed by atoms with Crippen LogP contribution in [0.5, 0.6) is 0 Å². The molecule has 0 amide bonds. The van der Waals surface area contributed by atoms with Crippen molar-refractivity contribution in [2.24, 2.45) is 4.40 Å². The molecule has 26 heavy (non-hydrogen) atoms. The number of aryl methyl sites for hydroxylation is 1. The number of nitrogens with one attached hydrogen (secondary N) is 1. The Morgan fingerprint density at radius 2 is 1.62 bits per heavy atom. The van der Waals surface area contributed by atoms with Gasteiger partial charge in [0.2, 0.25) is 0 Å². The standard InChI is InChI=1S/C20H17FN2O2S/c1-15-6-5-9-18(14-15)22-20(16-7-3-2-4-8-16)23-26(24,25)19-12-10-17(21)11-13-19/h2-14H,1H3,(H,22,23). The van der Waals surface area contributed by atoms with Gasteiger partial charge in [-0.1, -0.05) is 42.5 Å². The molecule has 0 saturated heterocycles. The van der Waals surface area contributed by atoms with Crippen LogP contribution in [0.2, 0.25) is 0 Å². The molecule has 3 aromatic rings. The van der Waals surface area contributed by atoms with Crippen LogP contribution >= 0.6 is 0 Å². The minimum absolute atomic E-state index is 0.0710. The van der Waals surface area contributed by atoms with E-state index in [1.165, 1.54) is 12.1 Å². The van der Waals surface area contributed by atoms with Crippen molar-refractivity contribution in [3.63, 3.8) is 0 Å². The third kappa shape index (κ3) is 4.34. The number of amidine groups is 1. The monoisotopic (exact) mass is 368 g/mol. The van der Waals surface area contributed by atoms with Crippen LogP contribution in [-0.2, 0) is 10.0 Å². The Kier molecular flexibility index (Phi) is 5.14. The molecule has 0 atom stereocenters. The molecule has 0 spiro atoms. The number of sulfonamides is 1. The molecule has 0 bridgehead atoms. The largest absolute Gasteiger partial charge is 0.339 e. The van der Waals surface area contributed by atoms with Gasteiger partial charge in [0.05, 0.1) is 4.90 Å². The summed E-state index contributed by atoms with van der Waals surface area (Å²) in [5.41, 5.74) is 2.38. The van der Waals surface area contributed by atoms with Gasteiger partial charge in [-0.05, 0) is 48.9 Å². The highest BCUT2D eigenvalue weighted by molar-refractivity contribution is 7.90. The molecule has 4 nitrogen and oxygen atoms in total. The predicted octanol–water partition coefficient (Wildman–Crippen LogP) is 4.38. The Hall–Kier alpha value is -2.99. The summed E-state index contributed by atoms with van der Waals surface area (Å²) in [6.07, 6.45) is 0. The summed E-state index contributed by atoms with van der Waals surface area (Å²) in [6.45, 7) is 1.94. The lowest BCUT2D eigenvalue weighted by atomic mass is 10.2. The molecule has 132 valence electrons. The molecule has 0 saturated carbocycles. The average molecular weight is 368 g/mol. The molecule has 0 heterocycles. The highest BCUT2D eigenvalue weighted by atomic mass is 32.2. The zero-order chi connectivity index (χ0) is 18.6. The van der Waals surface area contributed by atoms with Crippen LogP contribution in [0.1, 0.15) is 11.1 Å². The Morgan fingerprint density at radius 1 is 0.923 bits per heavy atom. The van der Waals surface area contributed by atoms with Crippen LogP contribution in [0.25, 0.3) is 0 Å². The van der Waals surface area contributed by atoms with Crippen LogP contribution in [0.15, 0.2) is 88.2 Å². The molecule has 6 heteroatoms. The number of halogens is 1. The zero-order valence-electron chi connectivity index (χ0n) is 14.1. The first-order valence-electron chi connectivity index (χ1n) is 7.94. The lowest BCUT2D eigenvalue weighted by Gasteiger charge is -2.11. The minimum atomic E-state index is -4.00. The van der Waals surface area contributed by atoms with Gasteiger partial charge in [0, 0.05) is 11.3 Å². The van der Waals surface area contributed by atoms with Gasteiger partial charge in [-0.25, -0.2) is 4.39 Å². The Labute approximate surface area is 152 Å². The summed E-state index contributed by atoms with van der Waals surface area (Å²) in [4.78, 5) is -0.0710. The van der Waals surface area contributed by atoms with Crippen molar-refractivity contribution in [2.75, 3.05) is 5.32 Å². The first-order valence-corrected chi connectivity index (χ1v) is 9.38. The van der Waals surface area contributed by atoms with Gasteiger partial charge in [-0.2, -0.15) is 8.42 Å². The van der Waals surface area contributed by atoms with E-state index in [1.54, 1.807) is 24.3 Å². The van der Waals surface area contributed by atoms with E-state index in [2.05, 4.69) is 9.71 Å². The van der Waals surface area contributed by atoms with Gasteiger partial charge in [-0.3, -0.25) is 0 Å². The normalized spacial score (nSPS) is 12.0. The molecule has 0 fully saturated rings. The van der Waals surface area contributed by atoms with Crippen molar-refractivity contribution in [2.45, 2.75) is 11.8 Å². The number of rotatable bonds is 4. The van der Waals surface area contributed by atoms with E-state index in [4.69, 9.17) is 0 Å². The third-order valence-electron chi connectivity index (χ3n) is 3.65. The lowest BCUT2D eigenvalue weighted by molar-refractivity contribution is 0.596. The van der Waals surface area contributed by atoms with Gasteiger partial charge in [0.1, 0.15) is 5.82 Å². The Balaban J connectivity index is 2.05. The SMILES string of the molecule is Cc1cccc(N/C(=N\S(=O)(=O)c2ccc(F)cc2)c2ccccc2)c1. The average Bonchev–Trinajstić information content (AvgIpc) is 2.62. The molecular formula is C20H17FN2O2S. The third-order valence-corrected chi connectivity index (χ3v) is 4.94. The van der Waals surface area contributed by atoms with E-state index < -0.39 is 15.8 Å². The molecular weight excluding hydrogens is 351 g/mol. The van der Waals surface area contributed by atoms with Gasteiger partial charge in [0.15, 0.2) is 5.84 Å². The second-order valence-corrected chi connectivity index (χ2v) is 7.33. The van der Waals surface area contributed by atoms with Crippen LogP contribution in [0, 0.1) is 12.7 Å². The number of hydrogen-bond donors (Lipinski definition) is 1. The fraction of sp³-hybridized carbons (Fsp3) is 0.0500. The smallest absolute Gasteiger partial charge is 0.284 e. The number of benzene rings is 3. The van der Waals surface area contributed by atoms with Crippen molar-refractivity contribution in [1.29, 1.82) is 0 Å². The van der Waals surface area contributed by atoms with Crippen LogP contribution in [-0.4, -0.2) is 14.3 Å².